The van der Waals surface area contributed by atoms with E-state index in [-0.39, 0.29) is 6.10 Å². The van der Waals surface area contributed by atoms with Crippen molar-refractivity contribution in [3.63, 3.8) is 0 Å². The number of hydrogen-bond donors (Lipinski definition) is 0. The summed E-state index contributed by atoms with van der Waals surface area (Å²) < 4.78 is 43.5. The largest absolute Gasteiger partial charge is 0.473 e. The van der Waals surface area contributed by atoms with Crippen LogP contribution in [-0.4, -0.2) is 34.1 Å². The van der Waals surface area contributed by atoms with Crippen molar-refractivity contribution < 1.29 is 17.9 Å². The molecule has 3 rings (SSSR count). The molecular formula is C16H17F3N4O. The SMILES string of the molecule is Cc1cncc(OC2CCN(c3ccc(C(F)(F)F)cn3)CC2)n1. The Hall–Kier alpha value is -2.38. The highest BCUT2D eigenvalue weighted by molar-refractivity contribution is 5.40. The summed E-state index contributed by atoms with van der Waals surface area (Å²) in [6, 6.07) is 2.48. The Bertz CT molecular complexity index is 682. The topological polar surface area (TPSA) is 51.1 Å². The van der Waals surface area contributed by atoms with Crippen molar-refractivity contribution in [3.8, 4) is 5.88 Å². The van der Waals surface area contributed by atoms with Gasteiger partial charge >= 0.3 is 6.18 Å². The number of ether oxygens (including phenoxy) is 1. The van der Waals surface area contributed by atoms with Crippen molar-refractivity contribution in [3.05, 3.63) is 42.0 Å². The van der Waals surface area contributed by atoms with E-state index in [4.69, 9.17) is 4.74 Å². The lowest BCUT2D eigenvalue weighted by atomic mass is 10.1. The lowest BCUT2D eigenvalue weighted by Gasteiger charge is -2.32. The molecular weight excluding hydrogens is 321 g/mol. The fourth-order valence-corrected chi connectivity index (χ4v) is 2.61. The molecule has 0 amide bonds. The van der Waals surface area contributed by atoms with Crippen LogP contribution in [0.1, 0.15) is 24.1 Å². The summed E-state index contributed by atoms with van der Waals surface area (Å²) in [6.07, 6.45) is 1.27. The number of aromatic nitrogens is 3. The van der Waals surface area contributed by atoms with Crippen LogP contribution in [0.2, 0.25) is 0 Å². The van der Waals surface area contributed by atoms with Crippen molar-refractivity contribution in [1.29, 1.82) is 0 Å². The second-order valence-corrected chi connectivity index (χ2v) is 5.71. The standard InChI is InChI=1S/C16H17F3N4O/c1-11-8-20-10-15(22-11)24-13-4-6-23(7-5-13)14-3-2-12(9-21-14)16(17,18)19/h2-3,8-10,13H,4-7H2,1H3. The molecule has 3 heterocycles. The maximum absolute atomic E-state index is 12.6. The van der Waals surface area contributed by atoms with Gasteiger partial charge in [0.1, 0.15) is 11.9 Å². The third kappa shape index (κ3) is 3.93. The molecule has 0 aromatic carbocycles. The number of rotatable bonds is 3. The molecule has 0 unspecified atom stereocenters. The lowest BCUT2D eigenvalue weighted by Crippen LogP contribution is -2.38. The minimum atomic E-state index is -4.36. The summed E-state index contributed by atoms with van der Waals surface area (Å²) in [7, 11) is 0. The van der Waals surface area contributed by atoms with Crippen molar-refractivity contribution in [2.24, 2.45) is 0 Å². The second-order valence-electron chi connectivity index (χ2n) is 5.71. The molecule has 2 aromatic heterocycles. The van der Waals surface area contributed by atoms with E-state index in [1.807, 2.05) is 11.8 Å². The summed E-state index contributed by atoms with van der Waals surface area (Å²) >= 11 is 0. The molecule has 128 valence electrons. The molecule has 1 saturated heterocycles. The Morgan fingerprint density at radius 1 is 1.12 bits per heavy atom. The van der Waals surface area contributed by atoms with Gasteiger partial charge in [-0.3, -0.25) is 4.98 Å². The van der Waals surface area contributed by atoms with E-state index in [1.54, 1.807) is 12.4 Å². The highest BCUT2D eigenvalue weighted by Crippen LogP contribution is 2.30. The van der Waals surface area contributed by atoms with Crippen LogP contribution in [0.25, 0.3) is 0 Å². The van der Waals surface area contributed by atoms with Gasteiger partial charge in [0.25, 0.3) is 0 Å². The van der Waals surface area contributed by atoms with Crippen molar-refractivity contribution >= 4 is 5.82 Å². The molecule has 0 saturated carbocycles. The zero-order valence-electron chi connectivity index (χ0n) is 13.1. The predicted octanol–water partition coefficient (Wildman–Crippen LogP) is 3.25. The van der Waals surface area contributed by atoms with E-state index in [0.717, 1.165) is 30.8 Å². The number of aryl methyl sites for hydroxylation is 1. The van der Waals surface area contributed by atoms with Gasteiger partial charge < -0.3 is 9.64 Å². The van der Waals surface area contributed by atoms with Gasteiger partial charge in [-0.2, -0.15) is 13.2 Å². The minimum absolute atomic E-state index is 0.0202. The molecule has 8 heteroatoms. The smallest absolute Gasteiger partial charge is 0.417 e. The molecule has 0 spiro atoms. The Balaban J connectivity index is 1.57. The van der Waals surface area contributed by atoms with E-state index in [0.29, 0.717) is 24.8 Å². The second kappa shape index (κ2) is 6.62. The molecule has 0 atom stereocenters. The van der Waals surface area contributed by atoms with Gasteiger partial charge in [-0.1, -0.05) is 0 Å². The van der Waals surface area contributed by atoms with Gasteiger partial charge in [-0.05, 0) is 19.1 Å². The van der Waals surface area contributed by atoms with Crippen LogP contribution in [0.15, 0.2) is 30.7 Å². The van der Waals surface area contributed by atoms with Gasteiger partial charge in [-0.25, -0.2) is 9.97 Å². The number of anilines is 1. The molecule has 5 nitrogen and oxygen atoms in total. The Morgan fingerprint density at radius 3 is 2.46 bits per heavy atom. The van der Waals surface area contributed by atoms with Crippen LogP contribution >= 0.6 is 0 Å². The first-order valence-electron chi connectivity index (χ1n) is 7.65. The molecule has 0 aliphatic carbocycles. The molecule has 1 fully saturated rings. The average molecular weight is 338 g/mol. The van der Waals surface area contributed by atoms with Gasteiger partial charge in [-0.15, -0.1) is 0 Å². The van der Waals surface area contributed by atoms with Crippen LogP contribution in [-0.2, 0) is 6.18 Å². The zero-order chi connectivity index (χ0) is 17.2. The van der Waals surface area contributed by atoms with E-state index in [1.165, 1.54) is 6.07 Å². The number of nitrogens with zero attached hydrogens (tertiary/aromatic N) is 4. The lowest BCUT2D eigenvalue weighted by molar-refractivity contribution is -0.137. The Morgan fingerprint density at radius 2 is 1.88 bits per heavy atom. The van der Waals surface area contributed by atoms with Crippen LogP contribution in [0.5, 0.6) is 5.88 Å². The highest BCUT2D eigenvalue weighted by atomic mass is 19.4. The summed E-state index contributed by atoms with van der Waals surface area (Å²) in [5.74, 6) is 1.05. The van der Waals surface area contributed by atoms with E-state index >= 15 is 0 Å². The number of halogens is 3. The first kappa shape index (κ1) is 16.5. The first-order chi connectivity index (χ1) is 11.4. The number of piperidine rings is 1. The van der Waals surface area contributed by atoms with Crippen LogP contribution in [0.3, 0.4) is 0 Å². The number of pyridine rings is 1. The van der Waals surface area contributed by atoms with Crippen LogP contribution in [0, 0.1) is 6.92 Å². The van der Waals surface area contributed by atoms with Gasteiger partial charge in [0.05, 0.1) is 17.5 Å². The van der Waals surface area contributed by atoms with Gasteiger partial charge in [0, 0.05) is 38.3 Å². The third-order valence-electron chi connectivity index (χ3n) is 3.86. The van der Waals surface area contributed by atoms with Crippen molar-refractivity contribution in [1.82, 2.24) is 15.0 Å². The summed E-state index contributed by atoms with van der Waals surface area (Å²) in [4.78, 5) is 14.2. The normalized spacial score (nSPS) is 16.2. The number of hydrogen-bond acceptors (Lipinski definition) is 5. The van der Waals surface area contributed by atoms with E-state index < -0.39 is 11.7 Å². The minimum Gasteiger partial charge on any atom is -0.473 e. The summed E-state index contributed by atoms with van der Waals surface area (Å²) in [6.45, 7) is 3.18. The summed E-state index contributed by atoms with van der Waals surface area (Å²) in [5.41, 5.74) is 0.0568. The average Bonchev–Trinajstić information content (AvgIpc) is 2.55. The molecule has 0 N–H and O–H groups in total. The monoisotopic (exact) mass is 338 g/mol. The van der Waals surface area contributed by atoms with Gasteiger partial charge in [0.2, 0.25) is 5.88 Å². The fourth-order valence-electron chi connectivity index (χ4n) is 2.61. The molecule has 1 aliphatic heterocycles. The Kier molecular flexibility index (Phi) is 4.55. The van der Waals surface area contributed by atoms with Crippen LogP contribution in [0.4, 0.5) is 19.0 Å². The third-order valence-corrected chi connectivity index (χ3v) is 3.86. The predicted molar refractivity (Wildman–Crippen MR) is 81.9 cm³/mol. The van der Waals surface area contributed by atoms with Gasteiger partial charge in [0.15, 0.2) is 0 Å². The van der Waals surface area contributed by atoms with E-state index in [9.17, 15) is 13.2 Å². The van der Waals surface area contributed by atoms with Crippen LogP contribution < -0.4 is 9.64 Å². The Labute approximate surface area is 137 Å². The first-order valence-corrected chi connectivity index (χ1v) is 7.65. The highest BCUT2D eigenvalue weighted by Gasteiger charge is 2.31. The molecule has 2 aromatic rings. The molecule has 1 aliphatic rings. The molecule has 0 radical (unpaired) electrons. The number of alkyl halides is 3. The van der Waals surface area contributed by atoms with Crippen molar-refractivity contribution in [2.45, 2.75) is 32.0 Å². The quantitative estimate of drug-likeness (QED) is 0.860. The molecule has 24 heavy (non-hydrogen) atoms. The zero-order valence-corrected chi connectivity index (χ0v) is 13.1. The van der Waals surface area contributed by atoms with Crippen molar-refractivity contribution in [2.75, 3.05) is 18.0 Å². The maximum atomic E-state index is 12.6. The molecule has 0 bridgehead atoms. The summed E-state index contributed by atoms with van der Waals surface area (Å²) in [5, 5.41) is 0. The fraction of sp³-hybridized carbons (Fsp3) is 0.438. The van der Waals surface area contributed by atoms with E-state index in [2.05, 4.69) is 15.0 Å². The maximum Gasteiger partial charge on any atom is 0.417 e.